The summed E-state index contributed by atoms with van der Waals surface area (Å²) in [6, 6.07) is 8.31. The van der Waals surface area contributed by atoms with E-state index in [0.717, 1.165) is 32.4 Å². The Bertz CT molecular complexity index is 1230. The Morgan fingerprint density at radius 3 is 2.84 bits per heavy atom. The number of thiophene rings is 2. The molecule has 0 saturated heterocycles. The van der Waals surface area contributed by atoms with Crippen molar-refractivity contribution in [3.05, 3.63) is 53.1 Å². The molecule has 5 rings (SSSR count). The number of nitrogens with two attached hydrogens (primary N) is 1. The largest absolute Gasteiger partial charge is 0.452 e. The smallest absolute Gasteiger partial charge is 0.177 e. The van der Waals surface area contributed by atoms with Crippen LogP contribution in [0.4, 0.5) is 5.82 Å². The number of hydrogen-bond acceptors (Lipinski definition) is 6. The Hall–Kier alpha value is -2.70. The molecule has 0 aromatic carbocycles. The molecule has 0 unspecified atom stereocenters. The summed E-state index contributed by atoms with van der Waals surface area (Å²) in [5.74, 6) is 1.22. The maximum atomic E-state index is 6.12. The molecule has 0 fully saturated rings. The van der Waals surface area contributed by atoms with Crippen molar-refractivity contribution < 1.29 is 4.42 Å². The lowest BCUT2D eigenvalue weighted by atomic mass is 10.1. The lowest BCUT2D eigenvalue weighted by molar-refractivity contribution is 0.632. The first kappa shape index (κ1) is 14.6. The van der Waals surface area contributed by atoms with E-state index < -0.39 is 0 Å². The lowest BCUT2D eigenvalue weighted by Crippen LogP contribution is -1.90. The Morgan fingerprint density at radius 2 is 2.00 bits per heavy atom. The number of nitrogen functional groups attached to an aromatic ring is 1. The van der Waals surface area contributed by atoms with Crippen LogP contribution in [0.1, 0.15) is 4.88 Å². The third kappa shape index (κ3) is 2.26. The zero-order valence-corrected chi connectivity index (χ0v) is 14.9. The second kappa shape index (κ2) is 5.40. The lowest BCUT2D eigenvalue weighted by Gasteiger charge is -2.00. The van der Waals surface area contributed by atoms with E-state index in [2.05, 4.69) is 40.5 Å². The van der Waals surface area contributed by atoms with Gasteiger partial charge in [-0.15, -0.1) is 22.7 Å². The molecule has 5 aromatic rings. The first-order valence-electron chi connectivity index (χ1n) is 7.77. The molecule has 0 atom stereocenters. The van der Waals surface area contributed by atoms with E-state index in [4.69, 9.17) is 10.2 Å². The van der Waals surface area contributed by atoms with Crippen LogP contribution in [0.15, 0.2) is 52.7 Å². The molecule has 0 aliphatic rings. The Labute approximate surface area is 151 Å². The van der Waals surface area contributed by atoms with Gasteiger partial charge < -0.3 is 10.2 Å². The summed E-state index contributed by atoms with van der Waals surface area (Å²) in [6.07, 6.45) is 5.51. The van der Waals surface area contributed by atoms with Crippen molar-refractivity contribution in [1.29, 1.82) is 0 Å². The Morgan fingerprint density at radius 1 is 1.08 bits per heavy atom. The molecule has 0 saturated carbocycles. The minimum Gasteiger partial charge on any atom is -0.452 e. The Kier molecular flexibility index (Phi) is 3.16. The van der Waals surface area contributed by atoms with Gasteiger partial charge in [-0.05, 0) is 31.2 Å². The number of aromatic nitrogens is 2. The molecule has 122 valence electrons. The fourth-order valence-corrected chi connectivity index (χ4v) is 4.83. The number of fused-ring (bicyclic) bond motifs is 2. The SMILES string of the molecule is Cc1ccc(-c2cnc(N)c3oc(-c4csc5cnccc45)cc23)s1. The van der Waals surface area contributed by atoms with Gasteiger partial charge in [-0.25, -0.2) is 4.98 Å². The van der Waals surface area contributed by atoms with E-state index >= 15 is 0 Å². The quantitative estimate of drug-likeness (QED) is 0.435. The molecule has 0 bridgehead atoms. The van der Waals surface area contributed by atoms with Gasteiger partial charge in [0.25, 0.3) is 0 Å². The number of hydrogen-bond donors (Lipinski definition) is 1. The first-order valence-corrected chi connectivity index (χ1v) is 9.47. The number of rotatable bonds is 2. The maximum absolute atomic E-state index is 6.12. The van der Waals surface area contributed by atoms with E-state index in [9.17, 15) is 0 Å². The van der Waals surface area contributed by atoms with Crippen molar-refractivity contribution in [2.75, 3.05) is 5.73 Å². The summed E-state index contributed by atoms with van der Waals surface area (Å²) in [5.41, 5.74) is 8.84. The highest BCUT2D eigenvalue weighted by Gasteiger charge is 2.17. The second-order valence-electron chi connectivity index (χ2n) is 5.84. The van der Waals surface area contributed by atoms with Gasteiger partial charge in [0.2, 0.25) is 0 Å². The molecule has 6 heteroatoms. The zero-order chi connectivity index (χ0) is 17.0. The third-order valence-electron chi connectivity index (χ3n) is 4.24. The summed E-state index contributed by atoms with van der Waals surface area (Å²) >= 11 is 3.40. The fourth-order valence-electron chi connectivity index (χ4n) is 3.03. The molecule has 0 amide bonds. The number of pyridine rings is 2. The van der Waals surface area contributed by atoms with Gasteiger partial charge in [-0.3, -0.25) is 4.98 Å². The van der Waals surface area contributed by atoms with Crippen LogP contribution in [0.25, 0.3) is 42.8 Å². The van der Waals surface area contributed by atoms with Gasteiger partial charge in [0.1, 0.15) is 5.76 Å². The monoisotopic (exact) mass is 363 g/mol. The van der Waals surface area contributed by atoms with Crippen molar-refractivity contribution >= 4 is 49.5 Å². The van der Waals surface area contributed by atoms with E-state index in [1.165, 1.54) is 9.75 Å². The normalized spacial score (nSPS) is 11.6. The molecule has 0 spiro atoms. The highest BCUT2D eigenvalue weighted by atomic mass is 32.1. The summed E-state index contributed by atoms with van der Waals surface area (Å²) < 4.78 is 7.26. The number of aryl methyl sites for hydroxylation is 1. The van der Waals surface area contributed by atoms with Crippen LogP contribution in [0.3, 0.4) is 0 Å². The van der Waals surface area contributed by atoms with Gasteiger partial charge in [-0.1, -0.05) is 0 Å². The predicted molar refractivity (Wildman–Crippen MR) is 105 cm³/mol. The van der Waals surface area contributed by atoms with Crippen LogP contribution in [-0.4, -0.2) is 9.97 Å². The Balaban J connectivity index is 1.78. The van der Waals surface area contributed by atoms with Crippen molar-refractivity contribution in [2.45, 2.75) is 6.92 Å². The van der Waals surface area contributed by atoms with Crippen LogP contribution >= 0.6 is 22.7 Å². The molecule has 2 N–H and O–H groups in total. The van der Waals surface area contributed by atoms with Crippen LogP contribution in [-0.2, 0) is 0 Å². The molecule has 5 heterocycles. The third-order valence-corrected chi connectivity index (χ3v) is 6.20. The highest BCUT2D eigenvalue weighted by molar-refractivity contribution is 7.17. The van der Waals surface area contributed by atoms with Crippen molar-refractivity contribution in [3.8, 4) is 21.8 Å². The highest BCUT2D eigenvalue weighted by Crippen LogP contribution is 2.41. The van der Waals surface area contributed by atoms with Gasteiger partial charge in [0.05, 0.1) is 4.70 Å². The predicted octanol–water partition coefficient (Wildman–Crippen LogP) is 5.72. The molecule has 0 aliphatic heterocycles. The van der Waals surface area contributed by atoms with E-state index in [-0.39, 0.29) is 0 Å². The minimum atomic E-state index is 0.416. The van der Waals surface area contributed by atoms with Gasteiger partial charge >= 0.3 is 0 Å². The molecular weight excluding hydrogens is 350 g/mol. The number of furan rings is 1. The maximum Gasteiger partial charge on any atom is 0.177 e. The number of nitrogens with zero attached hydrogens (tertiary/aromatic N) is 2. The summed E-state index contributed by atoms with van der Waals surface area (Å²) in [5, 5.41) is 4.24. The summed E-state index contributed by atoms with van der Waals surface area (Å²) in [7, 11) is 0. The fraction of sp³-hybridized carbons (Fsp3) is 0.0526. The van der Waals surface area contributed by atoms with Crippen LogP contribution in [0.2, 0.25) is 0 Å². The van der Waals surface area contributed by atoms with Crippen LogP contribution in [0.5, 0.6) is 0 Å². The molecule has 25 heavy (non-hydrogen) atoms. The topological polar surface area (TPSA) is 64.9 Å². The van der Waals surface area contributed by atoms with Gasteiger partial charge in [0, 0.05) is 55.6 Å². The van der Waals surface area contributed by atoms with Crippen LogP contribution in [0, 0.1) is 6.92 Å². The standard InChI is InChI=1S/C19H13N3OS2/c1-10-2-3-16(25-10)13-7-22-19(20)18-12(13)6-15(23-18)14-9-24-17-8-21-5-4-11(14)17/h2-9H,1H3,(H2,20,22). The van der Waals surface area contributed by atoms with E-state index in [1.54, 1.807) is 28.9 Å². The summed E-state index contributed by atoms with van der Waals surface area (Å²) in [4.78, 5) is 10.9. The van der Waals surface area contributed by atoms with E-state index in [0.29, 0.717) is 11.4 Å². The van der Waals surface area contributed by atoms with Crippen molar-refractivity contribution in [3.63, 3.8) is 0 Å². The molecular formula is C19H13N3OS2. The average Bonchev–Trinajstić information content (AvgIpc) is 3.32. The number of anilines is 1. The summed E-state index contributed by atoms with van der Waals surface area (Å²) in [6.45, 7) is 2.10. The molecule has 0 aliphatic carbocycles. The van der Waals surface area contributed by atoms with Crippen LogP contribution < -0.4 is 5.73 Å². The van der Waals surface area contributed by atoms with Crippen molar-refractivity contribution in [1.82, 2.24) is 9.97 Å². The van der Waals surface area contributed by atoms with Crippen molar-refractivity contribution in [2.24, 2.45) is 0 Å². The minimum absolute atomic E-state index is 0.416. The zero-order valence-electron chi connectivity index (χ0n) is 13.3. The molecule has 4 nitrogen and oxygen atoms in total. The van der Waals surface area contributed by atoms with Gasteiger partial charge in [-0.2, -0.15) is 0 Å². The molecule has 0 radical (unpaired) electrons. The average molecular weight is 363 g/mol. The molecule has 5 aromatic heterocycles. The first-order chi connectivity index (χ1) is 12.2. The van der Waals surface area contributed by atoms with E-state index in [1.807, 2.05) is 18.5 Å². The second-order valence-corrected chi connectivity index (χ2v) is 8.04. The van der Waals surface area contributed by atoms with Gasteiger partial charge in [0.15, 0.2) is 11.4 Å².